The van der Waals surface area contributed by atoms with Gasteiger partial charge in [0.25, 0.3) is 11.8 Å². The van der Waals surface area contributed by atoms with Crippen LogP contribution in [-0.2, 0) is 9.59 Å². The molecule has 3 amide bonds. The van der Waals surface area contributed by atoms with Gasteiger partial charge in [0.2, 0.25) is 5.91 Å². The maximum atomic E-state index is 13.6. The summed E-state index contributed by atoms with van der Waals surface area (Å²) in [6, 6.07) is 19.8. The van der Waals surface area contributed by atoms with Gasteiger partial charge in [-0.25, -0.2) is 9.88 Å². The highest BCUT2D eigenvalue weighted by atomic mass is 32.1. The minimum atomic E-state index is -0.831. The number of aromatic nitrogens is 1. The first-order valence-corrected chi connectivity index (χ1v) is 13.3. The number of benzene rings is 3. The summed E-state index contributed by atoms with van der Waals surface area (Å²) in [6.07, 6.45) is 0.644. The number of carbonyl (C=O) groups excluding carboxylic acids is 3. The lowest BCUT2D eigenvalue weighted by molar-refractivity contribution is -0.122. The van der Waals surface area contributed by atoms with Crippen LogP contribution in [0.5, 0.6) is 0 Å². The predicted octanol–water partition coefficient (Wildman–Crippen LogP) is 6.15. The van der Waals surface area contributed by atoms with Gasteiger partial charge in [0, 0.05) is 17.2 Å². The summed E-state index contributed by atoms with van der Waals surface area (Å²) in [6.45, 7) is 7.88. The molecule has 1 aliphatic rings. The highest BCUT2D eigenvalue weighted by Crippen LogP contribution is 2.33. The molecule has 37 heavy (non-hydrogen) atoms. The molecule has 2 atom stereocenters. The molecule has 1 saturated heterocycles. The van der Waals surface area contributed by atoms with Gasteiger partial charge in [-0.2, -0.15) is 0 Å². The number of aryl methyl sites for hydroxylation is 2. The van der Waals surface area contributed by atoms with E-state index in [0.29, 0.717) is 17.7 Å². The molecule has 5 rings (SSSR count). The van der Waals surface area contributed by atoms with E-state index in [2.05, 4.69) is 13.0 Å². The summed E-state index contributed by atoms with van der Waals surface area (Å²) in [5.74, 6) is -0.898. The minimum Gasteiger partial charge on any atom is -0.323 e. The van der Waals surface area contributed by atoms with E-state index in [0.717, 1.165) is 26.4 Å². The fraction of sp³-hybridized carbons (Fsp3) is 0.267. The van der Waals surface area contributed by atoms with E-state index in [4.69, 9.17) is 4.98 Å². The molecule has 0 N–H and O–H groups in total. The summed E-state index contributed by atoms with van der Waals surface area (Å²) in [7, 11) is 0. The molecule has 1 aliphatic heterocycles. The van der Waals surface area contributed by atoms with Gasteiger partial charge in [-0.15, -0.1) is 11.3 Å². The molecule has 0 aliphatic carbocycles. The quantitative estimate of drug-likeness (QED) is 0.291. The van der Waals surface area contributed by atoms with Crippen LogP contribution in [0.25, 0.3) is 20.8 Å². The van der Waals surface area contributed by atoms with Crippen molar-refractivity contribution in [2.45, 2.75) is 52.6 Å². The van der Waals surface area contributed by atoms with E-state index >= 15 is 0 Å². The van der Waals surface area contributed by atoms with Crippen molar-refractivity contribution in [3.05, 3.63) is 83.4 Å². The molecule has 1 fully saturated rings. The fourth-order valence-electron chi connectivity index (χ4n) is 4.79. The summed E-state index contributed by atoms with van der Waals surface area (Å²) in [5, 5.41) is 0.885. The number of carbonyl (C=O) groups is 3. The van der Waals surface area contributed by atoms with Gasteiger partial charge in [-0.1, -0.05) is 30.7 Å². The van der Waals surface area contributed by atoms with Gasteiger partial charge in [0.15, 0.2) is 0 Å². The molecule has 3 aromatic carbocycles. The third-order valence-electron chi connectivity index (χ3n) is 6.94. The molecule has 0 saturated carbocycles. The lowest BCUT2D eigenvalue weighted by atomic mass is 10.0. The Bertz CT molecular complexity index is 1510. The number of amides is 3. The van der Waals surface area contributed by atoms with Gasteiger partial charge in [-0.3, -0.25) is 14.4 Å². The first-order valence-electron chi connectivity index (χ1n) is 12.5. The molecule has 6 nitrogen and oxygen atoms in total. The maximum Gasteiger partial charge on any atom is 0.257 e. The van der Waals surface area contributed by atoms with Crippen LogP contribution in [0, 0.1) is 13.8 Å². The van der Waals surface area contributed by atoms with Gasteiger partial charge < -0.3 is 4.90 Å². The van der Waals surface area contributed by atoms with E-state index in [1.807, 2.05) is 63.2 Å². The topological polar surface area (TPSA) is 70.6 Å². The summed E-state index contributed by atoms with van der Waals surface area (Å²) >= 11 is 1.61. The fourth-order valence-corrected chi connectivity index (χ4v) is 5.85. The Balaban J connectivity index is 1.41. The highest BCUT2D eigenvalue weighted by molar-refractivity contribution is 7.21. The second kappa shape index (κ2) is 9.90. The van der Waals surface area contributed by atoms with Crippen molar-refractivity contribution in [3.8, 4) is 10.6 Å². The van der Waals surface area contributed by atoms with Crippen LogP contribution < -0.4 is 4.90 Å². The lowest BCUT2D eigenvalue weighted by Gasteiger charge is -2.33. The number of nitrogens with zero attached hydrogens (tertiary/aromatic N) is 3. The molecule has 2 heterocycles. The average molecular weight is 512 g/mol. The number of hydrogen-bond acceptors (Lipinski definition) is 5. The van der Waals surface area contributed by atoms with E-state index in [9.17, 15) is 14.4 Å². The van der Waals surface area contributed by atoms with Gasteiger partial charge >= 0.3 is 0 Å². The van der Waals surface area contributed by atoms with E-state index in [-0.39, 0.29) is 30.2 Å². The van der Waals surface area contributed by atoms with Gasteiger partial charge in [0.1, 0.15) is 11.0 Å². The highest BCUT2D eigenvalue weighted by Gasteiger charge is 2.45. The first-order chi connectivity index (χ1) is 17.8. The van der Waals surface area contributed by atoms with Crippen LogP contribution in [0.1, 0.15) is 48.2 Å². The second-order valence-electron chi connectivity index (χ2n) is 9.66. The van der Waals surface area contributed by atoms with Crippen molar-refractivity contribution in [1.29, 1.82) is 0 Å². The molecule has 2 unspecified atom stereocenters. The molecule has 1 aromatic heterocycles. The number of thiazole rings is 1. The lowest BCUT2D eigenvalue weighted by Crippen LogP contribution is -2.49. The normalized spacial score (nSPS) is 16.4. The third kappa shape index (κ3) is 4.67. The predicted molar refractivity (Wildman–Crippen MR) is 148 cm³/mol. The summed E-state index contributed by atoms with van der Waals surface area (Å²) < 4.78 is 1.12. The number of anilines is 1. The van der Waals surface area contributed by atoms with Crippen LogP contribution in [0.2, 0.25) is 0 Å². The minimum absolute atomic E-state index is 0.0281. The summed E-state index contributed by atoms with van der Waals surface area (Å²) in [5.41, 5.74) is 5.05. The van der Waals surface area contributed by atoms with Crippen LogP contribution in [0.4, 0.5) is 5.69 Å². The Labute approximate surface area is 220 Å². The Morgan fingerprint density at radius 3 is 2.49 bits per heavy atom. The Morgan fingerprint density at radius 2 is 1.78 bits per heavy atom. The molecule has 0 spiro atoms. The number of imide groups is 1. The second-order valence-corrected chi connectivity index (χ2v) is 10.7. The molecule has 4 aromatic rings. The van der Waals surface area contributed by atoms with Crippen molar-refractivity contribution in [1.82, 2.24) is 9.88 Å². The van der Waals surface area contributed by atoms with E-state index in [1.165, 1.54) is 10.5 Å². The summed E-state index contributed by atoms with van der Waals surface area (Å²) in [4.78, 5) is 47.7. The molecular weight excluding hydrogens is 482 g/mol. The van der Waals surface area contributed by atoms with Crippen LogP contribution in [0.15, 0.2) is 66.7 Å². The largest absolute Gasteiger partial charge is 0.323 e. The zero-order valence-electron chi connectivity index (χ0n) is 21.4. The average Bonchev–Trinajstić information content (AvgIpc) is 3.44. The van der Waals surface area contributed by atoms with Crippen molar-refractivity contribution < 1.29 is 14.4 Å². The van der Waals surface area contributed by atoms with Gasteiger partial charge in [0.05, 0.1) is 22.3 Å². The SMILES string of the molecule is CCC(C)N(C(=O)c1cccc(C)c1)C1CC(=O)N(c2ccc(-c3nc4ccc(C)cc4s3)cc2)C1=O. The molecule has 0 bridgehead atoms. The Morgan fingerprint density at radius 1 is 1.05 bits per heavy atom. The van der Waals surface area contributed by atoms with Gasteiger partial charge in [-0.05, 0) is 81.3 Å². The van der Waals surface area contributed by atoms with Crippen LogP contribution in [0.3, 0.4) is 0 Å². The number of hydrogen-bond donors (Lipinski definition) is 0. The standard InChI is InChI=1S/C30H29N3O3S/c1-5-20(4)32(29(35)22-8-6-7-18(2)15-22)25-17-27(34)33(30(25)36)23-12-10-21(11-13-23)28-31-24-14-9-19(3)16-26(24)37-28/h6-16,20,25H,5,17H2,1-4H3. The Kier molecular flexibility index (Phi) is 6.65. The van der Waals surface area contributed by atoms with Crippen LogP contribution >= 0.6 is 11.3 Å². The molecule has 7 heteroatoms. The van der Waals surface area contributed by atoms with Crippen molar-refractivity contribution in [3.63, 3.8) is 0 Å². The Hall–Kier alpha value is -3.84. The monoisotopic (exact) mass is 511 g/mol. The third-order valence-corrected chi connectivity index (χ3v) is 8.01. The van der Waals surface area contributed by atoms with Crippen LogP contribution in [-0.4, -0.2) is 39.7 Å². The molecule has 188 valence electrons. The molecule has 0 radical (unpaired) electrons. The zero-order valence-corrected chi connectivity index (χ0v) is 22.2. The number of rotatable bonds is 6. The number of fused-ring (bicyclic) bond motifs is 1. The molecular formula is C30H29N3O3S. The van der Waals surface area contributed by atoms with E-state index < -0.39 is 6.04 Å². The van der Waals surface area contributed by atoms with Crippen molar-refractivity contribution in [2.24, 2.45) is 0 Å². The van der Waals surface area contributed by atoms with Crippen molar-refractivity contribution in [2.75, 3.05) is 4.90 Å². The maximum absolute atomic E-state index is 13.6. The first kappa shape index (κ1) is 24.8. The van der Waals surface area contributed by atoms with E-state index in [1.54, 1.807) is 34.4 Å². The smallest absolute Gasteiger partial charge is 0.257 e. The van der Waals surface area contributed by atoms with Crippen molar-refractivity contribution >= 4 is 45.0 Å². The zero-order chi connectivity index (χ0) is 26.3.